The van der Waals surface area contributed by atoms with Gasteiger partial charge in [0.1, 0.15) is 6.61 Å². The molecule has 0 N–H and O–H groups in total. The summed E-state index contributed by atoms with van der Waals surface area (Å²) in [6, 6.07) is 0. The number of carbonyl (C=O) groups is 1. The Morgan fingerprint density at radius 1 is 1.50 bits per heavy atom. The maximum atomic E-state index is 10.9. The molecule has 0 heterocycles. The van der Waals surface area contributed by atoms with Crippen LogP contribution in [-0.2, 0) is 9.53 Å². The van der Waals surface area contributed by atoms with Crippen LogP contribution in [0.2, 0.25) is 0 Å². The summed E-state index contributed by atoms with van der Waals surface area (Å²) < 4.78 is 4.82. The lowest BCUT2D eigenvalue weighted by Crippen LogP contribution is -2.06. The number of hydrogen-bond acceptors (Lipinski definition) is 3. The molecule has 0 unspecified atom stereocenters. The van der Waals surface area contributed by atoms with Crippen LogP contribution < -0.4 is 0 Å². The van der Waals surface area contributed by atoms with E-state index in [1.807, 2.05) is 0 Å². The molecule has 0 rings (SSSR count). The molecule has 0 radical (unpaired) electrons. The highest BCUT2D eigenvalue weighted by atomic mass is 16.5. The molecule has 3 nitrogen and oxygen atoms in total. The summed E-state index contributed by atoms with van der Waals surface area (Å²) >= 11 is 0. The summed E-state index contributed by atoms with van der Waals surface area (Å²) in [7, 11) is 0. The van der Waals surface area contributed by atoms with Crippen molar-refractivity contribution in [2.45, 2.75) is 33.1 Å². The van der Waals surface area contributed by atoms with E-state index < -0.39 is 0 Å². The fourth-order valence-electron chi connectivity index (χ4n) is 0.833. The van der Waals surface area contributed by atoms with Crippen molar-refractivity contribution in [3.8, 4) is 0 Å². The summed E-state index contributed by atoms with van der Waals surface area (Å²) in [5, 5.41) is 0. The summed E-state index contributed by atoms with van der Waals surface area (Å²) in [5.74, 6) is -0.356. The minimum atomic E-state index is -0.356. The number of nitrogens with zero attached hydrogens (tertiary/aromatic N) is 1. The number of aliphatic imine (C=N–C) groups is 1. The van der Waals surface area contributed by atoms with Gasteiger partial charge in [-0.25, -0.2) is 4.79 Å². The van der Waals surface area contributed by atoms with E-state index in [0.717, 1.165) is 13.0 Å². The zero-order chi connectivity index (χ0) is 10.8. The Kier molecular flexibility index (Phi) is 7.80. The molecule has 0 aliphatic heterocycles. The van der Waals surface area contributed by atoms with Crippen molar-refractivity contribution in [3.63, 3.8) is 0 Å². The van der Waals surface area contributed by atoms with Gasteiger partial charge in [0.25, 0.3) is 0 Å². The fourth-order valence-corrected chi connectivity index (χ4v) is 0.833. The monoisotopic (exact) mass is 197 g/mol. The predicted octanol–water partition coefficient (Wildman–Crippen LogP) is 2.37. The quantitative estimate of drug-likeness (QED) is 0.272. The highest BCUT2D eigenvalue weighted by Gasteiger charge is 1.99. The number of esters is 1. The van der Waals surface area contributed by atoms with Gasteiger partial charge in [-0.05, 0) is 13.3 Å². The fraction of sp³-hybridized carbons (Fsp3) is 0.636. The smallest absolute Gasteiger partial charge is 0.333 e. The molecule has 80 valence electrons. The van der Waals surface area contributed by atoms with E-state index in [9.17, 15) is 4.79 Å². The molecular weight excluding hydrogens is 178 g/mol. The van der Waals surface area contributed by atoms with Gasteiger partial charge in [-0.2, -0.15) is 0 Å². The zero-order valence-electron chi connectivity index (χ0n) is 9.08. The third kappa shape index (κ3) is 7.53. The summed E-state index contributed by atoms with van der Waals surface area (Å²) in [4.78, 5) is 15.0. The molecule has 0 atom stereocenters. The zero-order valence-corrected chi connectivity index (χ0v) is 9.08. The minimum absolute atomic E-state index is 0.248. The Bertz CT molecular complexity index is 209. The molecule has 0 aliphatic carbocycles. The SMILES string of the molecule is C=C(C)C(=O)OCC=NCCCCC. The van der Waals surface area contributed by atoms with Crippen LogP contribution in [-0.4, -0.2) is 25.3 Å². The van der Waals surface area contributed by atoms with E-state index in [1.54, 1.807) is 13.1 Å². The van der Waals surface area contributed by atoms with E-state index >= 15 is 0 Å². The predicted molar refractivity (Wildman–Crippen MR) is 58.7 cm³/mol. The van der Waals surface area contributed by atoms with Crippen LogP contribution in [0.4, 0.5) is 0 Å². The molecule has 0 aliphatic rings. The summed E-state index contributed by atoms with van der Waals surface area (Å²) in [6.07, 6.45) is 5.13. The first-order valence-corrected chi connectivity index (χ1v) is 4.99. The van der Waals surface area contributed by atoms with Crippen LogP contribution >= 0.6 is 0 Å². The molecule has 0 saturated heterocycles. The molecule has 0 bridgehead atoms. The molecule has 0 aromatic carbocycles. The second-order valence-electron chi connectivity index (χ2n) is 3.17. The molecule has 0 saturated carbocycles. The second-order valence-corrected chi connectivity index (χ2v) is 3.17. The maximum absolute atomic E-state index is 10.9. The van der Waals surface area contributed by atoms with E-state index in [2.05, 4.69) is 18.5 Å². The maximum Gasteiger partial charge on any atom is 0.333 e. The molecule has 0 amide bonds. The Morgan fingerprint density at radius 3 is 2.79 bits per heavy atom. The van der Waals surface area contributed by atoms with Gasteiger partial charge in [-0.3, -0.25) is 4.99 Å². The number of ether oxygens (including phenoxy) is 1. The van der Waals surface area contributed by atoms with Crippen LogP contribution in [0.1, 0.15) is 33.1 Å². The highest BCUT2D eigenvalue weighted by molar-refractivity contribution is 5.87. The molecule has 0 aromatic rings. The van der Waals surface area contributed by atoms with E-state index in [4.69, 9.17) is 4.74 Å². The van der Waals surface area contributed by atoms with Crippen molar-refractivity contribution >= 4 is 12.2 Å². The number of unbranched alkanes of at least 4 members (excludes halogenated alkanes) is 2. The summed E-state index contributed by atoms with van der Waals surface area (Å²) in [5.41, 5.74) is 0.421. The molecular formula is C11H19NO2. The Balaban J connectivity index is 3.35. The molecule has 0 spiro atoms. The van der Waals surface area contributed by atoms with Gasteiger partial charge < -0.3 is 4.74 Å². The normalized spacial score (nSPS) is 10.4. The van der Waals surface area contributed by atoms with Gasteiger partial charge in [0.15, 0.2) is 0 Å². The van der Waals surface area contributed by atoms with Crippen LogP contribution in [0.25, 0.3) is 0 Å². The van der Waals surface area contributed by atoms with Crippen LogP contribution in [0.3, 0.4) is 0 Å². The molecule has 14 heavy (non-hydrogen) atoms. The Morgan fingerprint density at radius 2 is 2.21 bits per heavy atom. The average Bonchev–Trinajstić information content (AvgIpc) is 2.16. The highest BCUT2D eigenvalue weighted by Crippen LogP contribution is 1.93. The summed E-state index contributed by atoms with van der Waals surface area (Å²) in [6.45, 7) is 8.32. The second kappa shape index (κ2) is 8.48. The first-order chi connectivity index (χ1) is 6.68. The van der Waals surface area contributed by atoms with E-state index in [1.165, 1.54) is 12.8 Å². The van der Waals surface area contributed by atoms with Crippen molar-refractivity contribution in [2.24, 2.45) is 4.99 Å². The number of rotatable bonds is 7. The van der Waals surface area contributed by atoms with Crippen LogP contribution in [0.15, 0.2) is 17.1 Å². The largest absolute Gasteiger partial charge is 0.457 e. The van der Waals surface area contributed by atoms with Crippen molar-refractivity contribution in [2.75, 3.05) is 13.2 Å². The standard InChI is InChI=1S/C11H19NO2/c1-4-5-6-7-12-8-9-14-11(13)10(2)3/h8H,2,4-7,9H2,1,3H3. The van der Waals surface area contributed by atoms with Crippen LogP contribution in [0, 0.1) is 0 Å². The Labute approximate surface area is 85.9 Å². The van der Waals surface area contributed by atoms with E-state index in [0.29, 0.717) is 5.57 Å². The van der Waals surface area contributed by atoms with Gasteiger partial charge in [0.05, 0.1) is 0 Å². The lowest BCUT2D eigenvalue weighted by atomic mass is 10.2. The first kappa shape index (κ1) is 12.9. The number of carbonyl (C=O) groups excluding carboxylic acids is 1. The van der Waals surface area contributed by atoms with Crippen molar-refractivity contribution in [3.05, 3.63) is 12.2 Å². The van der Waals surface area contributed by atoms with Crippen molar-refractivity contribution in [1.82, 2.24) is 0 Å². The van der Waals surface area contributed by atoms with Crippen molar-refractivity contribution < 1.29 is 9.53 Å². The molecule has 0 fully saturated rings. The topological polar surface area (TPSA) is 38.7 Å². The van der Waals surface area contributed by atoms with Gasteiger partial charge in [0, 0.05) is 18.3 Å². The average molecular weight is 197 g/mol. The van der Waals surface area contributed by atoms with Crippen molar-refractivity contribution in [1.29, 1.82) is 0 Å². The van der Waals surface area contributed by atoms with Gasteiger partial charge >= 0.3 is 5.97 Å². The first-order valence-electron chi connectivity index (χ1n) is 4.99. The van der Waals surface area contributed by atoms with E-state index in [-0.39, 0.29) is 12.6 Å². The number of hydrogen-bond donors (Lipinski definition) is 0. The van der Waals surface area contributed by atoms with Gasteiger partial charge in [-0.1, -0.05) is 26.3 Å². The van der Waals surface area contributed by atoms with Gasteiger partial charge in [0.2, 0.25) is 0 Å². The molecule has 3 heteroatoms. The molecule has 0 aromatic heterocycles. The lowest BCUT2D eigenvalue weighted by molar-refractivity contribution is -0.137. The third-order valence-corrected chi connectivity index (χ3v) is 1.66. The third-order valence-electron chi connectivity index (χ3n) is 1.66. The van der Waals surface area contributed by atoms with Gasteiger partial charge in [-0.15, -0.1) is 0 Å². The Hall–Kier alpha value is -1.12. The minimum Gasteiger partial charge on any atom is -0.457 e. The lowest BCUT2D eigenvalue weighted by Gasteiger charge is -1.99. The van der Waals surface area contributed by atoms with Crippen LogP contribution in [0.5, 0.6) is 0 Å².